The Labute approximate surface area is 114 Å². The molecule has 0 spiro atoms. The Hall–Kier alpha value is -0.430. The lowest BCUT2D eigenvalue weighted by molar-refractivity contribution is 0.317. The van der Waals surface area contributed by atoms with Gasteiger partial charge in [-0.3, -0.25) is 0 Å². The molecule has 0 saturated heterocycles. The molecule has 0 aromatic carbocycles. The van der Waals surface area contributed by atoms with Gasteiger partial charge in [0.2, 0.25) is 10.0 Å². The average Bonchev–Trinajstić information content (AvgIpc) is 2.65. The summed E-state index contributed by atoms with van der Waals surface area (Å²) in [5.74, 6) is 0. The van der Waals surface area contributed by atoms with Crippen LogP contribution in [0.5, 0.6) is 0 Å². The van der Waals surface area contributed by atoms with Gasteiger partial charge in [-0.2, -0.15) is 0 Å². The lowest BCUT2D eigenvalue weighted by atomic mass is 9.89. The summed E-state index contributed by atoms with van der Waals surface area (Å²) in [5, 5.41) is 4.79. The highest BCUT2D eigenvalue weighted by molar-refractivity contribution is 7.89. The molecule has 1 rings (SSSR count). The van der Waals surface area contributed by atoms with Crippen LogP contribution in [-0.4, -0.2) is 21.5 Å². The van der Waals surface area contributed by atoms with Gasteiger partial charge in [0.1, 0.15) is 0 Å². The molecule has 1 unspecified atom stereocenters. The van der Waals surface area contributed by atoms with Crippen molar-refractivity contribution in [2.24, 2.45) is 5.41 Å². The minimum absolute atomic E-state index is 0.105. The minimum Gasteiger partial charge on any atom is -0.315 e. The van der Waals surface area contributed by atoms with Gasteiger partial charge in [-0.25, -0.2) is 13.1 Å². The first-order chi connectivity index (χ1) is 8.18. The van der Waals surface area contributed by atoms with Gasteiger partial charge in [-0.05, 0) is 30.8 Å². The van der Waals surface area contributed by atoms with Gasteiger partial charge in [-0.1, -0.05) is 20.8 Å². The fourth-order valence-corrected chi connectivity index (χ4v) is 4.24. The Balaban J connectivity index is 2.96. The molecule has 4 nitrogen and oxygen atoms in total. The van der Waals surface area contributed by atoms with Crippen LogP contribution in [0.3, 0.4) is 0 Å². The largest absolute Gasteiger partial charge is 0.315 e. The third kappa shape index (κ3) is 3.78. The van der Waals surface area contributed by atoms with Gasteiger partial charge in [-0.15, -0.1) is 11.3 Å². The second kappa shape index (κ2) is 5.69. The monoisotopic (exact) mass is 290 g/mol. The van der Waals surface area contributed by atoms with Crippen LogP contribution in [0.15, 0.2) is 16.3 Å². The topological polar surface area (TPSA) is 58.2 Å². The first-order valence-electron chi connectivity index (χ1n) is 5.92. The zero-order chi connectivity index (χ0) is 14.0. The summed E-state index contributed by atoms with van der Waals surface area (Å²) >= 11 is 1.45. The van der Waals surface area contributed by atoms with E-state index in [1.54, 1.807) is 13.1 Å². The molecule has 0 radical (unpaired) electrons. The number of thiophene rings is 1. The van der Waals surface area contributed by atoms with E-state index < -0.39 is 10.0 Å². The predicted octanol–water partition coefficient (Wildman–Crippen LogP) is 2.18. The van der Waals surface area contributed by atoms with Crippen molar-refractivity contribution in [1.82, 2.24) is 10.0 Å². The number of hydrogen-bond acceptors (Lipinski definition) is 4. The highest BCUT2D eigenvalue weighted by atomic mass is 32.2. The first kappa shape index (κ1) is 15.6. The lowest BCUT2D eigenvalue weighted by Crippen LogP contribution is -2.41. The van der Waals surface area contributed by atoms with E-state index in [0.29, 0.717) is 11.4 Å². The molecule has 1 atom stereocenters. The van der Waals surface area contributed by atoms with Crippen LogP contribution in [-0.2, 0) is 16.6 Å². The van der Waals surface area contributed by atoms with E-state index in [0.717, 1.165) is 4.88 Å². The molecule has 0 amide bonds. The summed E-state index contributed by atoms with van der Waals surface area (Å²) in [7, 11) is -1.62. The molecule has 0 aliphatic carbocycles. The highest BCUT2D eigenvalue weighted by Gasteiger charge is 2.27. The van der Waals surface area contributed by atoms with Gasteiger partial charge in [0.25, 0.3) is 0 Å². The van der Waals surface area contributed by atoms with Crippen molar-refractivity contribution < 1.29 is 8.42 Å². The van der Waals surface area contributed by atoms with E-state index in [4.69, 9.17) is 0 Å². The Kier molecular flexibility index (Phi) is 4.94. The number of rotatable bonds is 5. The maximum atomic E-state index is 12.3. The smallest absolute Gasteiger partial charge is 0.241 e. The van der Waals surface area contributed by atoms with E-state index in [-0.39, 0.29) is 11.5 Å². The fraction of sp³-hybridized carbons (Fsp3) is 0.667. The van der Waals surface area contributed by atoms with Crippen LogP contribution in [0.1, 0.15) is 32.6 Å². The second-order valence-corrected chi connectivity index (χ2v) is 8.13. The fourth-order valence-electron chi connectivity index (χ4n) is 1.33. The molecule has 0 aliphatic heterocycles. The first-order valence-corrected chi connectivity index (χ1v) is 8.28. The molecular formula is C12H22N2O2S2. The van der Waals surface area contributed by atoms with Gasteiger partial charge < -0.3 is 5.32 Å². The number of hydrogen-bond donors (Lipinski definition) is 2. The predicted molar refractivity (Wildman–Crippen MR) is 76.3 cm³/mol. The molecule has 0 aliphatic rings. The second-order valence-electron chi connectivity index (χ2n) is 5.45. The van der Waals surface area contributed by atoms with E-state index in [1.165, 1.54) is 11.3 Å². The van der Waals surface area contributed by atoms with Crippen LogP contribution in [0.4, 0.5) is 0 Å². The van der Waals surface area contributed by atoms with Crippen LogP contribution in [0, 0.1) is 5.41 Å². The van der Waals surface area contributed by atoms with E-state index in [2.05, 4.69) is 10.0 Å². The molecule has 1 heterocycles. The third-order valence-corrected chi connectivity index (χ3v) is 5.64. The molecule has 0 saturated carbocycles. The Morgan fingerprint density at radius 3 is 2.50 bits per heavy atom. The third-order valence-electron chi connectivity index (χ3n) is 2.96. The molecule has 0 bridgehead atoms. The van der Waals surface area contributed by atoms with Crippen molar-refractivity contribution in [2.75, 3.05) is 7.05 Å². The maximum absolute atomic E-state index is 12.3. The number of sulfonamides is 1. The van der Waals surface area contributed by atoms with Crippen molar-refractivity contribution in [3.05, 3.63) is 16.3 Å². The van der Waals surface area contributed by atoms with E-state index in [9.17, 15) is 8.42 Å². The van der Waals surface area contributed by atoms with Gasteiger partial charge >= 0.3 is 0 Å². The summed E-state index contributed by atoms with van der Waals surface area (Å²) in [4.78, 5) is 1.23. The SMILES string of the molecule is CNCc1sccc1S(=O)(=O)NC(C)C(C)(C)C. The normalized spacial score (nSPS) is 14.7. The summed E-state index contributed by atoms with van der Waals surface area (Å²) in [6.45, 7) is 8.51. The van der Waals surface area contributed by atoms with Crippen molar-refractivity contribution >= 4 is 21.4 Å². The molecule has 6 heteroatoms. The Morgan fingerprint density at radius 1 is 1.39 bits per heavy atom. The van der Waals surface area contributed by atoms with Gasteiger partial charge in [0.05, 0.1) is 4.90 Å². The Morgan fingerprint density at radius 2 is 2.00 bits per heavy atom. The van der Waals surface area contributed by atoms with Crippen molar-refractivity contribution in [3.8, 4) is 0 Å². The van der Waals surface area contributed by atoms with Crippen molar-refractivity contribution in [1.29, 1.82) is 0 Å². The zero-order valence-electron chi connectivity index (χ0n) is 11.6. The lowest BCUT2D eigenvalue weighted by Gasteiger charge is -2.27. The van der Waals surface area contributed by atoms with Crippen LogP contribution < -0.4 is 10.0 Å². The summed E-state index contributed by atoms with van der Waals surface area (Å²) < 4.78 is 27.4. The minimum atomic E-state index is -3.43. The molecule has 18 heavy (non-hydrogen) atoms. The van der Waals surface area contributed by atoms with Crippen LogP contribution in [0.2, 0.25) is 0 Å². The maximum Gasteiger partial charge on any atom is 0.241 e. The summed E-state index contributed by atoms with van der Waals surface area (Å²) in [6, 6.07) is 1.54. The van der Waals surface area contributed by atoms with Crippen LogP contribution >= 0.6 is 11.3 Å². The summed E-state index contributed by atoms with van der Waals surface area (Å²) in [6.07, 6.45) is 0. The molecule has 2 N–H and O–H groups in total. The molecule has 1 aromatic heterocycles. The molecule has 0 fully saturated rings. The van der Waals surface area contributed by atoms with E-state index >= 15 is 0 Å². The molecular weight excluding hydrogens is 268 g/mol. The van der Waals surface area contributed by atoms with Crippen LogP contribution in [0.25, 0.3) is 0 Å². The summed E-state index contributed by atoms with van der Waals surface area (Å²) in [5.41, 5.74) is -0.105. The Bertz CT molecular complexity index is 486. The zero-order valence-corrected chi connectivity index (χ0v) is 13.2. The average molecular weight is 290 g/mol. The standard InChI is InChI=1S/C12H22N2O2S2/c1-9(12(2,3)4)14-18(15,16)11-6-7-17-10(11)8-13-5/h6-7,9,13-14H,8H2,1-5H3. The van der Waals surface area contributed by atoms with Gasteiger partial charge in [0.15, 0.2) is 0 Å². The highest BCUT2D eigenvalue weighted by Crippen LogP contribution is 2.25. The van der Waals surface area contributed by atoms with E-state index in [1.807, 2.05) is 33.1 Å². The van der Waals surface area contributed by atoms with Crippen molar-refractivity contribution in [3.63, 3.8) is 0 Å². The van der Waals surface area contributed by atoms with Gasteiger partial charge in [0, 0.05) is 17.5 Å². The quantitative estimate of drug-likeness (QED) is 0.874. The number of nitrogens with one attached hydrogen (secondary N) is 2. The molecule has 1 aromatic rings. The molecule has 104 valence electrons. The van der Waals surface area contributed by atoms with Crippen molar-refractivity contribution in [2.45, 2.75) is 45.2 Å².